The summed E-state index contributed by atoms with van der Waals surface area (Å²) in [6.45, 7) is 5.85. The molecule has 144 valence electrons. The molecule has 2 heterocycles. The van der Waals surface area contributed by atoms with Crippen molar-refractivity contribution in [3.63, 3.8) is 0 Å². The number of amides is 1. The van der Waals surface area contributed by atoms with E-state index < -0.39 is 0 Å². The summed E-state index contributed by atoms with van der Waals surface area (Å²) in [5.74, 6) is 0.409. The lowest BCUT2D eigenvalue weighted by Crippen LogP contribution is -2.39. The van der Waals surface area contributed by atoms with Crippen LogP contribution in [0.15, 0.2) is 42.7 Å². The fourth-order valence-electron chi connectivity index (χ4n) is 2.93. The normalized spacial score (nSPS) is 14.7. The van der Waals surface area contributed by atoms with Gasteiger partial charge >= 0.3 is 0 Å². The van der Waals surface area contributed by atoms with Crippen molar-refractivity contribution in [3.8, 4) is 0 Å². The monoisotopic (exact) mass is 369 g/mol. The Morgan fingerprint density at radius 1 is 1.07 bits per heavy atom. The number of rotatable bonds is 9. The third kappa shape index (κ3) is 6.62. The van der Waals surface area contributed by atoms with Crippen LogP contribution in [0.1, 0.15) is 22.3 Å². The van der Waals surface area contributed by atoms with Gasteiger partial charge in [-0.25, -0.2) is 9.97 Å². The number of nitrogens with one attached hydrogen (secondary N) is 2. The first-order valence-corrected chi connectivity index (χ1v) is 9.49. The summed E-state index contributed by atoms with van der Waals surface area (Å²) < 4.78 is 5.33. The van der Waals surface area contributed by atoms with E-state index in [4.69, 9.17) is 4.74 Å². The summed E-state index contributed by atoms with van der Waals surface area (Å²) in [5.41, 5.74) is 1.76. The van der Waals surface area contributed by atoms with Gasteiger partial charge in [-0.15, -0.1) is 0 Å². The number of aryl methyl sites for hydroxylation is 1. The number of carbonyl (C=O) groups is 1. The molecule has 1 aromatic heterocycles. The molecule has 0 bridgehead atoms. The Morgan fingerprint density at radius 2 is 1.81 bits per heavy atom. The van der Waals surface area contributed by atoms with Gasteiger partial charge in [-0.1, -0.05) is 30.3 Å². The number of anilines is 1. The lowest BCUT2D eigenvalue weighted by atomic mass is 10.1. The first-order valence-electron chi connectivity index (χ1n) is 9.49. The number of aromatic nitrogens is 2. The van der Waals surface area contributed by atoms with Crippen molar-refractivity contribution in [2.75, 3.05) is 51.3 Å². The zero-order valence-electron chi connectivity index (χ0n) is 15.6. The second-order valence-electron chi connectivity index (χ2n) is 6.52. The maximum absolute atomic E-state index is 12.2. The summed E-state index contributed by atoms with van der Waals surface area (Å²) in [6.07, 6.45) is 4.98. The maximum atomic E-state index is 12.2. The Kier molecular flexibility index (Phi) is 7.56. The van der Waals surface area contributed by atoms with Crippen molar-refractivity contribution in [3.05, 3.63) is 53.9 Å². The molecule has 0 atom stereocenters. The minimum atomic E-state index is -0.136. The average Bonchev–Trinajstić information content (AvgIpc) is 2.73. The minimum Gasteiger partial charge on any atom is -0.379 e. The van der Waals surface area contributed by atoms with Crippen molar-refractivity contribution in [1.82, 2.24) is 20.2 Å². The molecular weight excluding hydrogens is 342 g/mol. The van der Waals surface area contributed by atoms with Gasteiger partial charge in [0.15, 0.2) is 0 Å². The molecule has 1 amide bonds. The molecule has 0 unspecified atom stereocenters. The molecule has 1 aromatic carbocycles. The average molecular weight is 369 g/mol. The lowest BCUT2D eigenvalue weighted by Gasteiger charge is -2.26. The van der Waals surface area contributed by atoms with Crippen LogP contribution in [0.5, 0.6) is 0 Å². The smallest absolute Gasteiger partial charge is 0.254 e. The molecule has 27 heavy (non-hydrogen) atoms. The maximum Gasteiger partial charge on any atom is 0.254 e. The molecule has 0 spiro atoms. The van der Waals surface area contributed by atoms with Gasteiger partial charge in [0.2, 0.25) is 5.95 Å². The zero-order chi connectivity index (χ0) is 18.7. The number of morpholine rings is 1. The van der Waals surface area contributed by atoms with Gasteiger partial charge in [-0.2, -0.15) is 0 Å². The Labute approximate surface area is 160 Å². The van der Waals surface area contributed by atoms with Crippen LogP contribution in [0, 0.1) is 0 Å². The summed E-state index contributed by atoms with van der Waals surface area (Å²) in [5, 5.41) is 6.11. The van der Waals surface area contributed by atoms with Crippen molar-refractivity contribution in [2.45, 2.75) is 12.8 Å². The van der Waals surface area contributed by atoms with E-state index in [9.17, 15) is 4.79 Å². The van der Waals surface area contributed by atoms with Gasteiger partial charge in [0.1, 0.15) is 0 Å². The van der Waals surface area contributed by atoms with E-state index in [-0.39, 0.29) is 5.91 Å². The molecule has 0 radical (unpaired) electrons. The van der Waals surface area contributed by atoms with Crippen LogP contribution in [-0.2, 0) is 11.2 Å². The SMILES string of the molecule is O=C(NCCCc1ccccc1)c1cnc(NCCN2CCOCC2)nc1. The summed E-state index contributed by atoms with van der Waals surface area (Å²) in [7, 11) is 0. The van der Waals surface area contributed by atoms with E-state index in [2.05, 4.69) is 37.6 Å². The molecule has 1 aliphatic rings. The van der Waals surface area contributed by atoms with Gasteiger partial charge in [-0.05, 0) is 18.4 Å². The number of benzene rings is 1. The van der Waals surface area contributed by atoms with Gasteiger partial charge in [0, 0.05) is 45.1 Å². The fourth-order valence-corrected chi connectivity index (χ4v) is 2.93. The number of hydrogen-bond donors (Lipinski definition) is 2. The first kappa shape index (κ1) is 19.3. The minimum absolute atomic E-state index is 0.136. The topological polar surface area (TPSA) is 79.4 Å². The molecular formula is C20H27N5O2. The zero-order valence-corrected chi connectivity index (χ0v) is 15.6. The summed E-state index contributed by atoms with van der Waals surface area (Å²) in [4.78, 5) is 23.0. The predicted octanol–water partition coefficient (Wildman–Crippen LogP) is 1.58. The van der Waals surface area contributed by atoms with Gasteiger partial charge < -0.3 is 15.4 Å². The highest BCUT2D eigenvalue weighted by atomic mass is 16.5. The van der Waals surface area contributed by atoms with Crippen molar-refractivity contribution < 1.29 is 9.53 Å². The van der Waals surface area contributed by atoms with Crippen LogP contribution in [-0.4, -0.2) is 66.7 Å². The highest BCUT2D eigenvalue weighted by molar-refractivity contribution is 5.93. The first-order chi connectivity index (χ1) is 13.3. The molecule has 7 heteroatoms. The molecule has 2 N–H and O–H groups in total. The lowest BCUT2D eigenvalue weighted by molar-refractivity contribution is 0.0398. The molecule has 3 rings (SSSR count). The van der Waals surface area contributed by atoms with E-state index in [1.54, 1.807) is 12.4 Å². The Balaban J connectivity index is 1.34. The highest BCUT2D eigenvalue weighted by Gasteiger charge is 2.10. The third-order valence-electron chi connectivity index (χ3n) is 4.50. The fraction of sp³-hybridized carbons (Fsp3) is 0.450. The second-order valence-corrected chi connectivity index (χ2v) is 6.52. The molecule has 2 aromatic rings. The molecule has 0 aliphatic carbocycles. The Morgan fingerprint density at radius 3 is 2.56 bits per heavy atom. The van der Waals surface area contributed by atoms with Crippen molar-refractivity contribution in [2.24, 2.45) is 0 Å². The number of carbonyl (C=O) groups excluding carboxylic acids is 1. The number of nitrogens with zero attached hydrogens (tertiary/aromatic N) is 3. The van der Waals surface area contributed by atoms with E-state index in [0.717, 1.165) is 52.2 Å². The third-order valence-corrected chi connectivity index (χ3v) is 4.50. The van der Waals surface area contributed by atoms with E-state index in [1.165, 1.54) is 5.56 Å². The standard InChI is InChI=1S/C20H27N5O2/c26-19(21-8-4-7-17-5-2-1-3-6-17)18-15-23-20(24-16-18)22-9-10-25-11-13-27-14-12-25/h1-3,5-6,15-16H,4,7-14H2,(H,21,26)(H,22,23,24). The van der Waals surface area contributed by atoms with Gasteiger partial charge in [0.05, 0.1) is 18.8 Å². The van der Waals surface area contributed by atoms with Crippen LogP contribution >= 0.6 is 0 Å². The molecule has 1 aliphatic heterocycles. The highest BCUT2D eigenvalue weighted by Crippen LogP contribution is 2.03. The summed E-state index contributed by atoms with van der Waals surface area (Å²) in [6, 6.07) is 10.3. The van der Waals surface area contributed by atoms with Crippen LogP contribution in [0.4, 0.5) is 5.95 Å². The molecule has 1 saturated heterocycles. The van der Waals surface area contributed by atoms with Crippen molar-refractivity contribution >= 4 is 11.9 Å². The predicted molar refractivity (Wildman–Crippen MR) is 105 cm³/mol. The van der Waals surface area contributed by atoms with Crippen molar-refractivity contribution in [1.29, 1.82) is 0 Å². The molecule has 7 nitrogen and oxygen atoms in total. The van der Waals surface area contributed by atoms with Crippen LogP contribution in [0.3, 0.4) is 0 Å². The molecule has 0 saturated carbocycles. The van der Waals surface area contributed by atoms with E-state index in [0.29, 0.717) is 18.1 Å². The summed E-state index contributed by atoms with van der Waals surface area (Å²) >= 11 is 0. The van der Waals surface area contributed by atoms with Crippen LogP contribution in [0.2, 0.25) is 0 Å². The largest absolute Gasteiger partial charge is 0.379 e. The number of ether oxygens (including phenoxy) is 1. The van der Waals surface area contributed by atoms with Gasteiger partial charge in [0.25, 0.3) is 5.91 Å². The van der Waals surface area contributed by atoms with Crippen LogP contribution in [0.25, 0.3) is 0 Å². The van der Waals surface area contributed by atoms with Crippen LogP contribution < -0.4 is 10.6 Å². The quantitative estimate of drug-likeness (QED) is 0.654. The molecule has 1 fully saturated rings. The van der Waals surface area contributed by atoms with E-state index in [1.807, 2.05) is 18.2 Å². The second kappa shape index (κ2) is 10.6. The van der Waals surface area contributed by atoms with Gasteiger partial charge in [-0.3, -0.25) is 9.69 Å². The van der Waals surface area contributed by atoms with E-state index >= 15 is 0 Å². The Bertz CT molecular complexity index is 687. The number of hydrogen-bond acceptors (Lipinski definition) is 6. The Hall–Kier alpha value is -2.51.